The topological polar surface area (TPSA) is 77.7 Å². The molecule has 1 aliphatic heterocycles. The van der Waals surface area contributed by atoms with E-state index in [1.807, 2.05) is 35.5 Å². The number of anilines is 3. The van der Waals surface area contributed by atoms with E-state index in [4.69, 9.17) is 5.26 Å². The summed E-state index contributed by atoms with van der Waals surface area (Å²) in [5.74, 6) is 1.78. The lowest BCUT2D eigenvalue weighted by atomic mass is 10.1. The number of hydrogen-bond acceptors (Lipinski definition) is 8. The van der Waals surface area contributed by atoms with E-state index < -0.39 is 0 Å². The van der Waals surface area contributed by atoms with Gasteiger partial charge in [-0.3, -0.25) is 0 Å². The fraction of sp³-hybridized carbons (Fsp3) is 0.263. The maximum absolute atomic E-state index is 8.89. The van der Waals surface area contributed by atoms with Crippen LogP contribution >= 0.6 is 23.1 Å². The SMILES string of the molecule is N#Cc1ccc(N2CCC(Sc3ccnc(Nc4nccs4)c3)CC2)nc1. The molecule has 0 aromatic carbocycles. The molecule has 4 rings (SSSR count). The number of thioether (sulfide) groups is 1. The van der Waals surface area contributed by atoms with Gasteiger partial charge in [-0.15, -0.1) is 23.1 Å². The van der Waals surface area contributed by atoms with Crippen molar-refractivity contribution in [3.8, 4) is 6.07 Å². The molecule has 0 unspecified atom stereocenters. The highest BCUT2D eigenvalue weighted by Gasteiger charge is 2.21. The predicted octanol–water partition coefficient (Wildman–Crippen LogP) is 4.31. The summed E-state index contributed by atoms with van der Waals surface area (Å²) in [4.78, 5) is 16.5. The van der Waals surface area contributed by atoms with Crippen molar-refractivity contribution in [2.24, 2.45) is 0 Å². The van der Waals surface area contributed by atoms with E-state index in [0.29, 0.717) is 10.8 Å². The molecule has 0 atom stereocenters. The Hall–Kier alpha value is -2.63. The van der Waals surface area contributed by atoms with Crippen LogP contribution in [0.1, 0.15) is 18.4 Å². The fourth-order valence-corrected chi connectivity index (χ4v) is 4.67. The zero-order valence-corrected chi connectivity index (χ0v) is 16.2. The van der Waals surface area contributed by atoms with Gasteiger partial charge in [0, 0.05) is 47.2 Å². The van der Waals surface area contributed by atoms with Gasteiger partial charge in [0.05, 0.1) is 5.56 Å². The van der Waals surface area contributed by atoms with E-state index in [-0.39, 0.29) is 0 Å². The second kappa shape index (κ2) is 8.37. The molecule has 1 fully saturated rings. The predicted molar refractivity (Wildman–Crippen MR) is 110 cm³/mol. The number of rotatable bonds is 5. The first kappa shape index (κ1) is 17.8. The molecule has 27 heavy (non-hydrogen) atoms. The van der Waals surface area contributed by atoms with Crippen molar-refractivity contribution >= 4 is 39.9 Å². The highest BCUT2D eigenvalue weighted by atomic mass is 32.2. The minimum absolute atomic E-state index is 0.578. The van der Waals surface area contributed by atoms with Crippen molar-refractivity contribution in [2.75, 3.05) is 23.3 Å². The summed E-state index contributed by atoms with van der Waals surface area (Å²) < 4.78 is 0. The van der Waals surface area contributed by atoms with Crippen LogP contribution in [0.5, 0.6) is 0 Å². The second-order valence-electron chi connectivity index (χ2n) is 6.16. The molecule has 1 aliphatic rings. The van der Waals surface area contributed by atoms with Crippen molar-refractivity contribution in [2.45, 2.75) is 23.0 Å². The van der Waals surface area contributed by atoms with E-state index in [2.05, 4.69) is 43.4 Å². The van der Waals surface area contributed by atoms with Gasteiger partial charge in [0.25, 0.3) is 0 Å². The Morgan fingerprint density at radius 3 is 2.74 bits per heavy atom. The Labute approximate surface area is 166 Å². The minimum Gasteiger partial charge on any atom is -0.357 e. The number of hydrogen-bond donors (Lipinski definition) is 1. The third-order valence-electron chi connectivity index (χ3n) is 4.34. The van der Waals surface area contributed by atoms with Crippen molar-refractivity contribution in [3.05, 3.63) is 53.8 Å². The molecule has 136 valence electrons. The first-order chi connectivity index (χ1) is 13.3. The van der Waals surface area contributed by atoms with Gasteiger partial charge < -0.3 is 10.2 Å². The normalized spacial score (nSPS) is 14.7. The molecule has 0 spiro atoms. The summed E-state index contributed by atoms with van der Waals surface area (Å²) in [7, 11) is 0. The van der Waals surface area contributed by atoms with Gasteiger partial charge in [-0.05, 0) is 37.1 Å². The first-order valence-electron chi connectivity index (χ1n) is 8.70. The van der Waals surface area contributed by atoms with Crippen molar-refractivity contribution in [1.29, 1.82) is 5.26 Å². The molecule has 3 aromatic heterocycles. The van der Waals surface area contributed by atoms with Crippen LogP contribution in [0.2, 0.25) is 0 Å². The van der Waals surface area contributed by atoms with E-state index in [1.54, 1.807) is 23.7 Å². The standard InChI is InChI=1S/C19H18N6S2/c20-12-14-1-2-18(23-13-14)25-8-4-15(5-9-25)27-16-3-6-21-17(11-16)24-19-22-7-10-26-19/h1-3,6-7,10-11,13,15H,4-5,8-9H2,(H,21,22,24). The lowest BCUT2D eigenvalue weighted by molar-refractivity contribution is 0.586. The molecule has 0 saturated carbocycles. The molecule has 0 radical (unpaired) electrons. The summed E-state index contributed by atoms with van der Waals surface area (Å²) in [6, 6.07) is 10.0. The average molecular weight is 395 g/mol. The molecule has 4 heterocycles. The molecular weight excluding hydrogens is 376 g/mol. The molecule has 0 aliphatic carbocycles. The highest BCUT2D eigenvalue weighted by Crippen LogP contribution is 2.32. The van der Waals surface area contributed by atoms with Gasteiger partial charge in [-0.25, -0.2) is 15.0 Å². The molecule has 6 nitrogen and oxygen atoms in total. The van der Waals surface area contributed by atoms with Gasteiger partial charge >= 0.3 is 0 Å². The lowest BCUT2D eigenvalue weighted by Gasteiger charge is -2.32. The molecule has 0 amide bonds. The van der Waals surface area contributed by atoms with Gasteiger partial charge in [-0.2, -0.15) is 5.26 Å². The van der Waals surface area contributed by atoms with Crippen molar-refractivity contribution in [1.82, 2.24) is 15.0 Å². The van der Waals surface area contributed by atoms with Gasteiger partial charge in [-0.1, -0.05) is 0 Å². The van der Waals surface area contributed by atoms with Gasteiger partial charge in [0.2, 0.25) is 0 Å². The number of piperidine rings is 1. The minimum atomic E-state index is 0.578. The maximum Gasteiger partial charge on any atom is 0.188 e. The Kier molecular flexibility index (Phi) is 5.51. The van der Waals surface area contributed by atoms with Crippen LogP contribution < -0.4 is 10.2 Å². The number of aromatic nitrogens is 3. The van der Waals surface area contributed by atoms with E-state index in [1.165, 1.54) is 4.90 Å². The summed E-state index contributed by atoms with van der Waals surface area (Å²) in [6.45, 7) is 1.96. The van der Waals surface area contributed by atoms with E-state index in [9.17, 15) is 0 Å². The van der Waals surface area contributed by atoms with Gasteiger partial charge in [0.15, 0.2) is 5.13 Å². The van der Waals surface area contributed by atoms with Crippen LogP contribution in [0.3, 0.4) is 0 Å². The van der Waals surface area contributed by atoms with Crippen LogP contribution in [-0.4, -0.2) is 33.3 Å². The summed E-state index contributed by atoms with van der Waals surface area (Å²) in [5.41, 5.74) is 0.601. The molecule has 1 N–H and O–H groups in total. The summed E-state index contributed by atoms with van der Waals surface area (Å²) >= 11 is 3.47. The van der Waals surface area contributed by atoms with Crippen LogP contribution in [0.15, 0.2) is 53.1 Å². The number of nitriles is 1. The third kappa shape index (κ3) is 4.56. The number of thiazole rings is 1. The zero-order valence-electron chi connectivity index (χ0n) is 14.6. The van der Waals surface area contributed by atoms with Crippen molar-refractivity contribution in [3.63, 3.8) is 0 Å². The Morgan fingerprint density at radius 2 is 2.04 bits per heavy atom. The smallest absolute Gasteiger partial charge is 0.188 e. The van der Waals surface area contributed by atoms with Crippen LogP contribution in [0.4, 0.5) is 16.8 Å². The van der Waals surface area contributed by atoms with E-state index in [0.717, 1.165) is 42.7 Å². The number of nitrogens with one attached hydrogen (secondary N) is 1. The molecule has 1 saturated heterocycles. The third-order valence-corrected chi connectivity index (χ3v) is 6.36. The highest BCUT2D eigenvalue weighted by molar-refractivity contribution is 8.00. The summed E-state index contributed by atoms with van der Waals surface area (Å²) in [5, 5.41) is 15.5. The van der Waals surface area contributed by atoms with Crippen molar-refractivity contribution < 1.29 is 0 Å². The monoisotopic (exact) mass is 394 g/mol. The summed E-state index contributed by atoms with van der Waals surface area (Å²) in [6.07, 6.45) is 7.47. The van der Waals surface area contributed by atoms with Crippen LogP contribution in [0, 0.1) is 11.3 Å². The van der Waals surface area contributed by atoms with Crippen LogP contribution in [0.25, 0.3) is 0 Å². The van der Waals surface area contributed by atoms with Crippen LogP contribution in [-0.2, 0) is 0 Å². The van der Waals surface area contributed by atoms with E-state index >= 15 is 0 Å². The molecule has 8 heteroatoms. The lowest BCUT2D eigenvalue weighted by Crippen LogP contribution is -2.35. The Balaban J connectivity index is 1.33. The second-order valence-corrected chi connectivity index (χ2v) is 8.43. The largest absolute Gasteiger partial charge is 0.357 e. The van der Waals surface area contributed by atoms with Gasteiger partial charge in [0.1, 0.15) is 17.7 Å². The number of pyridine rings is 2. The number of nitrogens with zero attached hydrogens (tertiary/aromatic N) is 5. The Bertz CT molecular complexity index is 912. The quantitative estimate of drug-likeness (QED) is 0.691. The fourth-order valence-electron chi connectivity index (χ4n) is 2.98. The molecular formula is C19H18N6S2. The zero-order chi connectivity index (χ0) is 18.5. The molecule has 0 bridgehead atoms. The average Bonchev–Trinajstić information content (AvgIpc) is 3.22. The Morgan fingerprint density at radius 1 is 1.15 bits per heavy atom. The maximum atomic E-state index is 8.89. The first-order valence-corrected chi connectivity index (χ1v) is 10.5. The molecule has 3 aromatic rings.